The van der Waals surface area contributed by atoms with Crippen LogP contribution in [0.3, 0.4) is 0 Å². The van der Waals surface area contributed by atoms with E-state index in [2.05, 4.69) is 28.3 Å². The van der Waals surface area contributed by atoms with Crippen LogP contribution in [-0.4, -0.2) is 16.5 Å². The van der Waals surface area contributed by atoms with Gasteiger partial charge in [-0.05, 0) is 41.8 Å². The fraction of sp³-hybridized carbons (Fsp3) is 0.222. The van der Waals surface area contributed by atoms with Gasteiger partial charge < -0.3 is 5.32 Å². The largest absolute Gasteiger partial charge is 0.369 e. The van der Waals surface area contributed by atoms with Crippen LogP contribution in [0, 0.1) is 5.82 Å². The van der Waals surface area contributed by atoms with Crippen LogP contribution in [0.5, 0.6) is 0 Å². The summed E-state index contributed by atoms with van der Waals surface area (Å²) in [7, 11) is 0. The fourth-order valence-electron chi connectivity index (χ4n) is 2.40. The van der Waals surface area contributed by atoms with Crippen molar-refractivity contribution in [2.75, 3.05) is 11.9 Å². The van der Waals surface area contributed by atoms with Gasteiger partial charge in [-0.2, -0.15) is 0 Å². The first-order chi connectivity index (χ1) is 10.8. The van der Waals surface area contributed by atoms with Gasteiger partial charge in [0.2, 0.25) is 0 Å². The van der Waals surface area contributed by atoms with Crippen LogP contribution >= 0.6 is 0 Å². The van der Waals surface area contributed by atoms with E-state index in [-0.39, 0.29) is 5.82 Å². The zero-order valence-electron chi connectivity index (χ0n) is 12.5. The Morgan fingerprint density at radius 1 is 1.00 bits per heavy atom. The minimum Gasteiger partial charge on any atom is -0.369 e. The molecule has 0 aliphatic rings. The van der Waals surface area contributed by atoms with Crippen molar-refractivity contribution >= 4 is 16.7 Å². The molecule has 0 fully saturated rings. The number of nitrogens with zero attached hydrogens (tertiary/aromatic N) is 2. The highest BCUT2D eigenvalue weighted by atomic mass is 19.1. The topological polar surface area (TPSA) is 37.8 Å². The molecular formula is C18H18FN3. The van der Waals surface area contributed by atoms with Crippen LogP contribution < -0.4 is 5.32 Å². The Balaban J connectivity index is 2.00. The van der Waals surface area contributed by atoms with Gasteiger partial charge in [0.25, 0.3) is 0 Å². The molecule has 3 aromatic rings. The lowest BCUT2D eigenvalue weighted by Crippen LogP contribution is -2.03. The molecule has 0 saturated carbocycles. The summed E-state index contributed by atoms with van der Waals surface area (Å²) in [5, 5.41) is 4.35. The highest BCUT2D eigenvalue weighted by molar-refractivity contribution is 5.92. The van der Waals surface area contributed by atoms with Gasteiger partial charge in [0.15, 0.2) is 0 Å². The number of hydrogen-bond donors (Lipinski definition) is 1. The third-order valence-corrected chi connectivity index (χ3v) is 3.64. The van der Waals surface area contributed by atoms with E-state index in [4.69, 9.17) is 0 Å². The van der Waals surface area contributed by atoms with Crippen molar-refractivity contribution in [3.63, 3.8) is 0 Å². The molecule has 0 atom stereocenters. The number of fused-ring (bicyclic) bond motifs is 1. The third-order valence-electron chi connectivity index (χ3n) is 3.64. The summed E-state index contributed by atoms with van der Waals surface area (Å²) in [5.41, 5.74) is 2.91. The highest BCUT2D eigenvalue weighted by Crippen LogP contribution is 2.27. The van der Waals surface area contributed by atoms with E-state index in [0.717, 1.165) is 47.2 Å². The molecule has 0 saturated heterocycles. The maximum absolute atomic E-state index is 13.1. The van der Waals surface area contributed by atoms with Crippen molar-refractivity contribution in [1.82, 2.24) is 9.97 Å². The Kier molecular flexibility index (Phi) is 4.28. The number of benzene rings is 2. The summed E-state index contributed by atoms with van der Waals surface area (Å²) in [6.07, 6.45) is 3.81. The average molecular weight is 295 g/mol. The molecule has 3 nitrogen and oxygen atoms in total. The fourth-order valence-corrected chi connectivity index (χ4v) is 2.40. The average Bonchev–Trinajstić information content (AvgIpc) is 2.55. The number of unbranched alkanes of at least 4 members (excludes halogenated alkanes) is 1. The monoisotopic (exact) mass is 295 g/mol. The third kappa shape index (κ3) is 3.06. The molecule has 0 unspecified atom stereocenters. The van der Waals surface area contributed by atoms with E-state index in [1.54, 1.807) is 18.5 Å². The van der Waals surface area contributed by atoms with Gasteiger partial charge in [0.1, 0.15) is 18.0 Å². The first-order valence-corrected chi connectivity index (χ1v) is 7.52. The van der Waals surface area contributed by atoms with Crippen molar-refractivity contribution in [2.45, 2.75) is 19.8 Å². The number of hydrogen-bond acceptors (Lipinski definition) is 3. The van der Waals surface area contributed by atoms with E-state index in [0.29, 0.717) is 0 Å². The lowest BCUT2D eigenvalue weighted by atomic mass is 10.0. The molecule has 4 heteroatoms. The van der Waals surface area contributed by atoms with Crippen LogP contribution in [0.25, 0.3) is 22.0 Å². The van der Waals surface area contributed by atoms with Crippen molar-refractivity contribution in [3.05, 3.63) is 54.6 Å². The molecule has 0 aliphatic carbocycles. The molecule has 22 heavy (non-hydrogen) atoms. The molecule has 0 spiro atoms. The zero-order chi connectivity index (χ0) is 15.4. The second-order valence-corrected chi connectivity index (χ2v) is 5.24. The van der Waals surface area contributed by atoms with Crippen molar-refractivity contribution in [3.8, 4) is 11.1 Å². The molecule has 1 heterocycles. The minimum absolute atomic E-state index is 0.227. The standard InChI is InChI=1S/C18H18FN3/c1-2-3-10-20-18-16-11-14(6-9-17(16)21-12-22-18)13-4-7-15(19)8-5-13/h4-9,11-12H,2-3,10H2,1H3,(H,20,21,22). The Morgan fingerprint density at radius 2 is 1.77 bits per heavy atom. The van der Waals surface area contributed by atoms with Gasteiger partial charge >= 0.3 is 0 Å². The van der Waals surface area contributed by atoms with Crippen LogP contribution in [0.1, 0.15) is 19.8 Å². The Labute approximate surface area is 129 Å². The van der Waals surface area contributed by atoms with E-state index in [1.165, 1.54) is 12.1 Å². The molecule has 0 radical (unpaired) electrons. The molecular weight excluding hydrogens is 277 g/mol. The van der Waals surface area contributed by atoms with Gasteiger partial charge in [0, 0.05) is 11.9 Å². The van der Waals surface area contributed by atoms with Crippen molar-refractivity contribution in [1.29, 1.82) is 0 Å². The summed E-state index contributed by atoms with van der Waals surface area (Å²) in [6, 6.07) is 12.5. The Hall–Kier alpha value is -2.49. The molecule has 3 rings (SSSR count). The van der Waals surface area contributed by atoms with Crippen LogP contribution in [0.2, 0.25) is 0 Å². The number of nitrogens with one attached hydrogen (secondary N) is 1. The summed E-state index contributed by atoms with van der Waals surface area (Å²) in [6.45, 7) is 3.05. The maximum Gasteiger partial charge on any atom is 0.137 e. The second-order valence-electron chi connectivity index (χ2n) is 5.24. The quantitative estimate of drug-likeness (QED) is 0.696. The molecule has 0 amide bonds. The van der Waals surface area contributed by atoms with Gasteiger partial charge in [-0.1, -0.05) is 31.5 Å². The van der Waals surface area contributed by atoms with Crippen LogP contribution in [0.15, 0.2) is 48.8 Å². The summed E-state index contributed by atoms with van der Waals surface area (Å²) in [5.74, 6) is 0.622. The SMILES string of the molecule is CCCCNc1ncnc2ccc(-c3ccc(F)cc3)cc12. The smallest absolute Gasteiger partial charge is 0.137 e. The summed E-state index contributed by atoms with van der Waals surface area (Å²) < 4.78 is 13.1. The lowest BCUT2D eigenvalue weighted by Gasteiger charge is -2.09. The van der Waals surface area contributed by atoms with Crippen LogP contribution in [-0.2, 0) is 0 Å². The first kappa shape index (κ1) is 14.4. The Morgan fingerprint density at radius 3 is 2.55 bits per heavy atom. The lowest BCUT2D eigenvalue weighted by molar-refractivity contribution is 0.628. The minimum atomic E-state index is -0.227. The van der Waals surface area contributed by atoms with Crippen molar-refractivity contribution in [2.24, 2.45) is 0 Å². The van der Waals surface area contributed by atoms with Gasteiger partial charge in [0.05, 0.1) is 5.52 Å². The predicted octanol–water partition coefficient (Wildman–Crippen LogP) is 4.65. The highest BCUT2D eigenvalue weighted by Gasteiger charge is 2.06. The van der Waals surface area contributed by atoms with E-state index in [9.17, 15) is 4.39 Å². The molecule has 1 N–H and O–H groups in total. The second kappa shape index (κ2) is 6.52. The predicted molar refractivity (Wildman–Crippen MR) is 88.3 cm³/mol. The summed E-state index contributed by atoms with van der Waals surface area (Å²) >= 11 is 0. The van der Waals surface area contributed by atoms with Gasteiger partial charge in [-0.15, -0.1) is 0 Å². The number of aromatic nitrogens is 2. The normalized spacial score (nSPS) is 10.8. The number of anilines is 1. The van der Waals surface area contributed by atoms with E-state index < -0.39 is 0 Å². The molecule has 112 valence electrons. The molecule has 0 aliphatic heterocycles. The van der Waals surface area contributed by atoms with Crippen molar-refractivity contribution < 1.29 is 4.39 Å². The molecule has 1 aromatic heterocycles. The van der Waals surface area contributed by atoms with Gasteiger partial charge in [-0.3, -0.25) is 0 Å². The zero-order valence-corrected chi connectivity index (χ0v) is 12.5. The maximum atomic E-state index is 13.1. The summed E-state index contributed by atoms with van der Waals surface area (Å²) in [4.78, 5) is 8.65. The van der Waals surface area contributed by atoms with E-state index >= 15 is 0 Å². The number of halogens is 1. The molecule has 0 bridgehead atoms. The number of rotatable bonds is 5. The molecule has 2 aromatic carbocycles. The first-order valence-electron chi connectivity index (χ1n) is 7.52. The van der Waals surface area contributed by atoms with Gasteiger partial charge in [-0.25, -0.2) is 14.4 Å². The Bertz CT molecular complexity index is 769. The van der Waals surface area contributed by atoms with E-state index in [1.807, 2.05) is 12.1 Å². The van der Waals surface area contributed by atoms with Crippen LogP contribution in [0.4, 0.5) is 10.2 Å².